The summed E-state index contributed by atoms with van der Waals surface area (Å²) >= 11 is 0. The smallest absolute Gasteiger partial charge is 0.466 e. The standard InChI is InChI=1S/C26H35N3O6/c1-9-29-23(17(2)18(3)28-29)24(34-16-35-25(31)33-15-22(30)32-8)21(14-27-7)19-10-12-20(13-11-19)26(4,5)6/h10-14H,9,15-16H2,1-8H3/b24-21-,27-14?. The van der Waals surface area contributed by atoms with E-state index in [-0.39, 0.29) is 5.41 Å². The minimum atomic E-state index is -1.05. The van der Waals surface area contributed by atoms with Crippen LogP contribution in [-0.4, -0.2) is 55.7 Å². The van der Waals surface area contributed by atoms with Gasteiger partial charge in [0.2, 0.25) is 6.79 Å². The maximum absolute atomic E-state index is 11.9. The van der Waals surface area contributed by atoms with E-state index in [1.165, 1.54) is 12.7 Å². The minimum Gasteiger partial charge on any atom is -0.466 e. The molecule has 1 heterocycles. The fourth-order valence-electron chi connectivity index (χ4n) is 3.36. The van der Waals surface area contributed by atoms with Crippen molar-refractivity contribution in [2.24, 2.45) is 4.99 Å². The van der Waals surface area contributed by atoms with Crippen LogP contribution in [0.4, 0.5) is 4.79 Å². The summed E-state index contributed by atoms with van der Waals surface area (Å²) in [6, 6.07) is 8.18. The van der Waals surface area contributed by atoms with Crippen LogP contribution in [-0.2, 0) is 35.7 Å². The second-order valence-corrected chi connectivity index (χ2v) is 8.85. The number of aryl methyl sites for hydroxylation is 2. The van der Waals surface area contributed by atoms with Crippen molar-refractivity contribution < 1.29 is 28.5 Å². The minimum absolute atomic E-state index is 0.00745. The molecule has 2 rings (SSSR count). The lowest BCUT2D eigenvalue weighted by atomic mass is 9.86. The van der Waals surface area contributed by atoms with Gasteiger partial charge in [0.1, 0.15) is 5.69 Å². The van der Waals surface area contributed by atoms with Crippen LogP contribution in [0.25, 0.3) is 11.3 Å². The summed E-state index contributed by atoms with van der Waals surface area (Å²) in [4.78, 5) is 27.3. The maximum Gasteiger partial charge on any atom is 0.511 e. The Morgan fingerprint density at radius 3 is 2.29 bits per heavy atom. The van der Waals surface area contributed by atoms with E-state index >= 15 is 0 Å². The van der Waals surface area contributed by atoms with Gasteiger partial charge >= 0.3 is 12.1 Å². The first-order valence-corrected chi connectivity index (χ1v) is 11.3. The van der Waals surface area contributed by atoms with E-state index in [9.17, 15) is 9.59 Å². The number of carbonyl (C=O) groups excluding carboxylic acids is 2. The van der Waals surface area contributed by atoms with Crippen molar-refractivity contribution in [3.63, 3.8) is 0 Å². The zero-order chi connectivity index (χ0) is 26.2. The summed E-state index contributed by atoms with van der Waals surface area (Å²) in [6.07, 6.45) is 0.658. The molecule has 2 aromatic rings. The first-order chi connectivity index (χ1) is 16.5. The highest BCUT2D eigenvalue weighted by Gasteiger charge is 2.22. The van der Waals surface area contributed by atoms with Gasteiger partial charge in [0.25, 0.3) is 0 Å². The van der Waals surface area contributed by atoms with Gasteiger partial charge < -0.3 is 18.9 Å². The van der Waals surface area contributed by atoms with Crippen LogP contribution >= 0.6 is 0 Å². The quantitative estimate of drug-likeness (QED) is 0.220. The van der Waals surface area contributed by atoms with Crippen LogP contribution in [0, 0.1) is 13.8 Å². The molecule has 0 aliphatic carbocycles. The Morgan fingerprint density at radius 1 is 1.09 bits per heavy atom. The summed E-state index contributed by atoms with van der Waals surface area (Å²) in [7, 11) is 2.88. The lowest BCUT2D eigenvalue weighted by Gasteiger charge is -2.20. The number of benzene rings is 1. The molecule has 0 saturated heterocycles. The summed E-state index contributed by atoms with van der Waals surface area (Å²) in [5.41, 5.74) is 5.34. The summed E-state index contributed by atoms with van der Waals surface area (Å²) in [5.74, 6) is -0.235. The van der Waals surface area contributed by atoms with Crippen LogP contribution in [0.5, 0.6) is 0 Å². The molecule has 0 bridgehead atoms. The Labute approximate surface area is 206 Å². The molecular weight excluding hydrogens is 450 g/mol. The third kappa shape index (κ3) is 7.18. The summed E-state index contributed by atoms with van der Waals surface area (Å²) < 4.78 is 22.1. The van der Waals surface area contributed by atoms with Gasteiger partial charge in [-0.05, 0) is 37.3 Å². The van der Waals surface area contributed by atoms with Crippen molar-refractivity contribution in [2.45, 2.75) is 53.5 Å². The van der Waals surface area contributed by atoms with E-state index in [2.05, 4.69) is 47.7 Å². The van der Waals surface area contributed by atoms with Crippen LogP contribution < -0.4 is 0 Å². The lowest BCUT2D eigenvalue weighted by Crippen LogP contribution is -2.17. The molecule has 0 aliphatic heterocycles. The predicted molar refractivity (Wildman–Crippen MR) is 134 cm³/mol. The van der Waals surface area contributed by atoms with E-state index in [0.29, 0.717) is 17.9 Å². The van der Waals surface area contributed by atoms with Crippen molar-refractivity contribution in [3.05, 3.63) is 52.3 Å². The number of esters is 1. The molecule has 0 atom stereocenters. The summed E-state index contributed by atoms with van der Waals surface area (Å²) in [6.45, 7) is 12.0. The molecule has 0 amide bonds. The maximum atomic E-state index is 11.9. The molecule has 0 aliphatic rings. The van der Waals surface area contributed by atoms with Gasteiger partial charge in [-0.1, -0.05) is 45.0 Å². The SMILES string of the molecule is CCn1nc(C)c(C)c1/C(OCOC(=O)OCC(=O)OC)=C(\C=NC)c1ccc(C(C)(C)C)cc1. The van der Waals surface area contributed by atoms with Crippen LogP contribution in [0.1, 0.15) is 55.8 Å². The molecule has 0 radical (unpaired) electrons. The number of aromatic nitrogens is 2. The Kier molecular flexibility index (Phi) is 9.62. The second-order valence-electron chi connectivity index (χ2n) is 8.85. The summed E-state index contributed by atoms with van der Waals surface area (Å²) in [5, 5.41) is 4.61. The fourth-order valence-corrected chi connectivity index (χ4v) is 3.36. The number of hydrogen-bond donors (Lipinski definition) is 0. The van der Waals surface area contributed by atoms with Gasteiger partial charge in [-0.15, -0.1) is 0 Å². The van der Waals surface area contributed by atoms with Crippen LogP contribution in [0.2, 0.25) is 0 Å². The van der Waals surface area contributed by atoms with Crippen molar-refractivity contribution in [2.75, 3.05) is 27.6 Å². The van der Waals surface area contributed by atoms with Crippen LogP contribution in [0.3, 0.4) is 0 Å². The van der Waals surface area contributed by atoms with E-state index < -0.39 is 25.5 Å². The van der Waals surface area contributed by atoms with E-state index in [4.69, 9.17) is 14.2 Å². The largest absolute Gasteiger partial charge is 0.511 e. The van der Waals surface area contributed by atoms with Gasteiger partial charge in [-0.2, -0.15) is 5.10 Å². The second kappa shape index (κ2) is 12.2. The molecule has 1 aromatic carbocycles. The molecule has 35 heavy (non-hydrogen) atoms. The van der Waals surface area contributed by atoms with Crippen molar-refractivity contribution in [1.82, 2.24) is 9.78 Å². The monoisotopic (exact) mass is 485 g/mol. The van der Waals surface area contributed by atoms with Crippen molar-refractivity contribution in [3.8, 4) is 0 Å². The molecule has 0 unspecified atom stereocenters. The van der Waals surface area contributed by atoms with E-state index in [1.807, 2.05) is 37.6 Å². The molecule has 0 spiro atoms. The van der Waals surface area contributed by atoms with Gasteiger partial charge in [-0.25, -0.2) is 9.59 Å². The lowest BCUT2D eigenvalue weighted by molar-refractivity contribution is -0.145. The Bertz CT molecular complexity index is 1090. The highest BCUT2D eigenvalue weighted by molar-refractivity contribution is 6.18. The molecule has 9 heteroatoms. The fraction of sp³-hybridized carbons (Fsp3) is 0.462. The zero-order valence-corrected chi connectivity index (χ0v) is 21.8. The van der Waals surface area contributed by atoms with E-state index in [1.54, 1.807) is 13.3 Å². The predicted octanol–water partition coefficient (Wildman–Crippen LogP) is 4.69. The molecule has 1 aromatic heterocycles. The third-order valence-corrected chi connectivity index (χ3v) is 5.42. The normalized spacial score (nSPS) is 12.3. The highest BCUT2D eigenvalue weighted by Crippen LogP contribution is 2.31. The van der Waals surface area contributed by atoms with Gasteiger partial charge in [0, 0.05) is 30.9 Å². The molecule has 0 fully saturated rings. The topological polar surface area (TPSA) is 101 Å². The Hall–Kier alpha value is -3.62. The number of nitrogens with zero attached hydrogens (tertiary/aromatic N) is 3. The van der Waals surface area contributed by atoms with Gasteiger partial charge in [0.15, 0.2) is 12.4 Å². The number of methoxy groups -OCH3 is 1. The number of aliphatic imine (C=N–C) groups is 1. The number of carbonyl (C=O) groups is 2. The molecule has 190 valence electrons. The van der Waals surface area contributed by atoms with Crippen LogP contribution in [0.15, 0.2) is 29.3 Å². The van der Waals surface area contributed by atoms with Crippen molar-refractivity contribution >= 4 is 29.7 Å². The molecule has 0 N–H and O–H groups in total. The van der Waals surface area contributed by atoms with Gasteiger partial charge in [-0.3, -0.25) is 9.67 Å². The molecule has 9 nitrogen and oxygen atoms in total. The van der Waals surface area contributed by atoms with Gasteiger partial charge in [0.05, 0.1) is 12.8 Å². The highest BCUT2D eigenvalue weighted by atomic mass is 16.8. The third-order valence-electron chi connectivity index (χ3n) is 5.42. The molecule has 0 saturated carbocycles. The zero-order valence-electron chi connectivity index (χ0n) is 21.8. The number of rotatable bonds is 9. The molecular formula is C26H35N3O6. The average Bonchev–Trinajstić information content (AvgIpc) is 3.11. The number of hydrogen-bond acceptors (Lipinski definition) is 8. The first kappa shape index (κ1) is 27.6. The number of allylic oxidation sites excluding steroid dienone is 1. The average molecular weight is 486 g/mol. The Balaban J connectivity index is 2.50. The Morgan fingerprint density at radius 2 is 1.74 bits per heavy atom. The number of ether oxygens (including phenoxy) is 4. The van der Waals surface area contributed by atoms with E-state index in [0.717, 1.165) is 22.5 Å². The first-order valence-electron chi connectivity index (χ1n) is 11.3. The van der Waals surface area contributed by atoms with Crippen molar-refractivity contribution in [1.29, 1.82) is 0 Å².